The number of carboxylic acids is 1. The first-order valence-electron chi connectivity index (χ1n) is 6.61. The smallest absolute Gasteiger partial charge is 0.307 e. The maximum absolute atomic E-state index is 12.1. The summed E-state index contributed by atoms with van der Waals surface area (Å²) < 4.78 is 0.996. The van der Waals surface area contributed by atoms with Crippen LogP contribution < -0.4 is 5.32 Å². The predicted molar refractivity (Wildman–Crippen MR) is 86.2 cm³/mol. The van der Waals surface area contributed by atoms with Crippen LogP contribution in [-0.2, 0) is 9.59 Å². The largest absolute Gasteiger partial charge is 0.481 e. The summed E-state index contributed by atoms with van der Waals surface area (Å²) in [5.74, 6) is -2.58. The molecule has 0 radical (unpaired) electrons. The summed E-state index contributed by atoms with van der Waals surface area (Å²) in [7, 11) is 0. The number of anilines is 1. The number of aliphatic carboxylic acids is 1. The van der Waals surface area contributed by atoms with Gasteiger partial charge in [-0.2, -0.15) is 0 Å². The third-order valence-corrected chi connectivity index (χ3v) is 4.12. The van der Waals surface area contributed by atoms with E-state index in [2.05, 4.69) is 21.2 Å². The van der Waals surface area contributed by atoms with Gasteiger partial charge in [0, 0.05) is 16.1 Å². The van der Waals surface area contributed by atoms with Crippen LogP contribution in [0.15, 0.2) is 40.9 Å². The van der Waals surface area contributed by atoms with E-state index >= 15 is 0 Å². The third-order valence-electron chi connectivity index (χ3n) is 3.62. The molecule has 21 heavy (non-hydrogen) atoms. The Morgan fingerprint density at radius 1 is 1.05 bits per heavy atom. The lowest BCUT2D eigenvalue weighted by molar-refractivity contribution is -0.145. The van der Waals surface area contributed by atoms with Crippen LogP contribution in [0.25, 0.3) is 10.8 Å². The Bertz CT molecular complexity index is 699. The van der Waals surface area contributed by atoms with Gasteiger partial charge in [0.1, 0.15) is 0 Å². The van der Waals surface area contributed by atoms with Gasteiger partial charge in [0.25, 0.3) is 0 Å². The number of fused-ring (bicyclic) bond motifs is 1. The molecule has 2 N–H and O–H groups in total. The van der Waals surface area contributed by atoms with Gasteiger partial charge in [-0.25, -0.2) is 0 Å². The van der Waals surface area contributed by atoms with Crippen LogP contribution in [0, 0.1) is 11.8 Å². The summed E-state index contributed by atoms with van der Waals surface area (Å²) in [5.41, 5.74) is 0.666. The Balaban J connectivity index is 2.18. The normalized spacial score (nSPS) is 13.7. The summed E-state index contributed by atoms with van der Waals surface area (Å²) in [6.45, 7) is 3.15. The van der Waals surface area contributed by atoms with Gasteiger partial charge in [-0.15, -0.1) is 0 Å². The Morgan fingerprint density at radius 3 is 2.33 bits per heavy atom. The Kier molecular flexibility index (Phi) is 4.63. The zero-order valence-electron chi connectivity index (χ0n) is 11.8. The molecule has 0 aliphatic carbocycles. The van der Waals surface area contributed by atoms with E-state index < -0.39 is 17.8 Å². The van der Waals surface area contributed by atoms with E-state index in [9.17, 15) is 9.59 Å². The van der Waals surface area contributed by atoms with Crippen molar-refractivity contribution < 1.29 is 14.7 Å². The lowest BCUT2D eigenvalue weighted by atomic mass is 9.95. The fourth-order valence-corrected chi connectivity index (χ4v) is 2.37. The van der Waals surface area contributed by atoms with E-state index in [0.29, 0.717) is 5.69 Å². The zero-order chi connectivity index (χ0) is 15.6. The average molecular weight is 350 g/mol. The van der Waals surface area contributed by atoms with Gasteiger partial charge in [-0.1, -0.05) is 41.9 Å². The number of halogens is 1. The van der Waals surface area contributed by atoms with Crippen molar-refractivity contribution in [2.24, 2.45) is 11.8 Å². The molecule has 0 aromatic heterocycles. The molecule has 110 valence electrons. The monoisotopic (exact) mass is 349 g/mol. The summed E-state index contributed by atoms with van der Waals surface area (Å²) >= 11 is 3.41. The maximum Gasteiger partial charge on any atom is 0.307 e. The minimum absolute atomic E-state index is 0.290. The quantitative estimate of drug-likeness (QED) is 0.879. The van der Waals surface area contributed by atoms with Crippen LogP contribution in [0.1, 0.15) is 13.8 Å². The molecule has 0 saturated heterocycles. The average Bonchev–Trinajstić information content (AvgIpc) is 2.45. The van der Waals surface area contributed by atoms with Crippen LogP contribution in [0.3, 0.4) is 0 Å². The van der Waals surface area contributed by atoms with Crippen LogP contribution >= 0.6 is 15.9 Å². The van der Waals surface area contributed by atoms with E-state index in [0.717, 1.165) is 15.2 Å². The Labute approximate surface area is 131 Å². The van der Waals surface area contributed by atoms with E-state index in [1.54, 1.807) is 6.92 Å². The molecule has 0 spiro atoms. The first-order valence-corrected chi connectivity index (χ1v) is 7.41. The number of carbonyl (C=O) groups is 2. The van der Waals surface area contributed by atoms with Crippen molar-refractivity contribution in [3.63, 3.8) is 0 Å². The van der Waals surface area contributed by atoms with Crippen molar-refractivity contribution in [3.8, 4) is 0 Å². The van der Waals surface area contributed by atoms with Crippen LogP contribution in [-0.4, -0.2) is 17.0 Å². The highest BCUT2D eigenvalue weighted by molar-refractivity contribution is 9.10. The standard InChI is InChI=1S/C16H16BrNO3/c1-9(10(2)16(20)21)15(19)18-14-6-4-11-7-13(17)5-3-12(11)8-14/h3-10H,1-2H3,(H,18,19)(H,20,21). The molecular weight excluding hydrogens is 334 g/mol. The van der Waals surface area contributed by atoms with Gasteiger partial charge in [0.15, 0.2) is 0 Å². The molecular formula is C16H16BrNO3. The molecule has 0 fully saturated rings. The summed E-state index contributed by atoms with van der Waals surface area (Å²) in [6, 6.07) is 11.5. The number of nitrogens with one attached hydrogen (secondary N) is 1. The Hall–Kier alpha value is -1.88. The van der Waals surface area contributed by atoms with Gasteiger partial charge < -0.3 is 10.4 Å². The number of rotatable bonds is 4. The van der Waals surface area contributed by atoms with Crippen molar-refractivity contribution in [1.82, 2.24) is 0 Å². The molecule has 0 aliphatic rings. The molecule has 2 rings (SSSR count). The number of hydrogen-bond acceptors (Lipinski definition) is 2. The molecule has 5 heteroatoms. The Morgan fingerprint density at radius 2 is 1.67 bits per heavy atom. The van der Waals surface area contributed by atoms with Gasteiger partial charge in [0.05, 0.1) is 5.92 Å². The minimum Gasteiger partial charge on any atom is -0.481 e. The third kappa shape index (κ3) is 3.61. The molecule has 0 saturated carbocycles. The van der Waals surface area contributed by atoms with Crippen molar-refractivity contribution in [3.05, 3.63) is 40.9 Å². The number of hydrogen-bond donors (Lipinski definition) is 2. The second-order valence-electron chi connectivity index (χ2n) is 5.11. The molecule has 2 aromatic carbocycles. The van der Waals surface area contributed by atoms with Crippen LogP contribution in [0.2, 0.25) is 0 Å². The molecule has 2 aromatic rings. The number of amides is 1. The first kappa shape index (κ1) is 15.5. The fourth-order valence-electron chi connectivity index (χ4n) is 1.99. The fraction of sp³-hybridized carbons (Fsp3) is 0.250. The highest BCUT2D eigenvalue weighted by Gasteiger charge is 2.25. The minimum atomic E-state index is -0.971. The molecule has 0 aliphatic heterocycles. The van der Waals surface area contributed by atoms with Crippen molar-refractivity contribution in [1.29, 1.82) is 0 Å². The summed E-state index contributed by atoms with van der Waals surface area (Å²) in [5, 5.41) is 13.8. The van der Waals surface area contributed by atoms with Crippen molar-refractivity contribution in [2.45, 2.75) is 13.8 Å². The highest BCUT2D eigenvalue weighted by Crippen LogP contribution is 2.23. The molecule has 0 heterocycles. The van der Waals surface area contributed by atoms with E-state index in [1.807, 2.05) is 36.4 Å². The van der Waals surface area contributed by atoms with Crippen LogP contribution in [0.4, 0.5) is 5.69 Å². The van der Waals surface area contributed by atoms with Gasteiger partial charge in [0.2, 0.25) is 5.91 Å². The summed E-state index contributed by atoms with van der Waals surface area (Å²) in [6.07, 6.45) is 0. The predicted octanol–water partition coefficient (Wildman–Crippen LogP) is 3.90. The maximum atomic E-state index is 12.1. The topological polar surface area (TPSA) is 66.4 Å². The zero-order valence-corrected chi connectivity index (χ0v) is 13.3. The molecule has 1 amide bonds. The second-order valence-corrected chi connectivity index (χ2v) is 6.03. The van der Waals surface area contributed by atoms with Crippen LogP contribution in [0.5, 0.6) is 0 Å². The van der Waals surface area contributed by atoms with Crippen molar-refractivity contribution >= 4 is 44.3 Å². The highest BCUT2D eigenvalue weighted by atomic mass is 79.9. The molecule has 0 bridgehead atoms. The molecule has 2 atom stereocenters. The summed E-state index contributed by atoms with van der Waals surface area (Å²) in [4.78, 5) is 23.0. The molecule has 2 unspecified atom stereocenters. The number of carbonyl (C=O) groups excluding carboxylic acids is 1. The number of carboxylic acid groups (broad SMARTS) is 1. The van der Waals surface area contributed by atoms with E-state index in [1.165, 1.54) is 6.92 Å². The second kappa shape index (κ2) is 6.26. The van der Waals surface area contributed by atoms with Gasteiger partial charge >= 0.3 is 5.97 Å². The van der Waals surface area contributed by atoms with Gasteiger partial charge in [-0.3, -0.25) is 9.59 Å². The first-order chi connectivity index (χ1) is 9.88. The molecule has 4 nitrogen and oxygen atoms in total. The van der Waals surface area contributed by atoms with Crippen molar-refractivity contribution in [2.75, 3.05) is 5.32 Å². The van der Waals surface area contributed by atoms with Gasteiger partial charge in [-0.05, 0) is 35.0 Å². The lowest BCUT2D eigenvalue weighted by Gasteiger charge is -2.16. The number of benzene rings is 2. The van der Waals surface area contributed by atoms with E-state index in [-0.39, 0.29) is 5.91 Å². The van der Waals surface area contributed by atoms with E-state index in [4.69, 9.17) is 5.11 Å². The SMILES string of the molecule is CC(C(=O)O)C(C)C(=O)Nc1ccc2cc(Br)ccc2c1. The lowest BCUT2D eigenvalue weighted by Crippen LogP contribution is -2.29.